The molecule has 5 heteroatoms. The summed E-state index contributed by atoms with van der Waals surface area (Å²) in [6.45, 7) is 8.00. The van der Waals surface area contributed by atoms with Gasteiger partial charge in [0.2, 0.25) is 11.8 Å². The van der Waals surface area contributed by atoms with E-state index in [0.29, 0.717) is 13.0 Å². The fraction of sp³-hybridized carbons (Fsp3) is 0.818. The van der Waals surface area contributed by atoms with E-state index in [1.807, 2.05) is 18.7 Å². The van der Waals surface area contributed by atoms with Gasteiger partial charge in [0.25, 0.3) is 0 Å². The maximum atomic E-state index is 11.4. The van der Waals surface area contributed by atoms with Crippen molar-refractivity contribution in [3.05, 3.63) is 0 Å². The highest BCUT2D eigenvalue weighted by molar-refractivity contribution is 5.74. The van der Waals surface area contributed by atoms with E-state index in [1.54, 1.807) is 6.92 Å². The van der Waals surface area contributed by atoms with Gasteiger partial charge in [0.1, 0.15) is 0 Å². The van der Waals surface area contributed by atoms with Crippen molar-refractivity contribution in [2.75, 3.05) is 19.6 Å². The highest BCUT2D eigenvalue weighted by Gasteiger charge is 2.30. The number of carbonyl (C=O) groups excluding carboxylic acids is 2. The lowest BCUT2D eigenvalue weighted by molar-refractivity contribution is -0.137. The largest absolute Gasteiger partial charge is 0.370 e. The summed E-state index contributed by atoms with van der Waals surface area (Å²) in [6.07, 6.45) is 0.388. The standard InChI is InChI=1S/C11H21N3O2/c1-8-6-13(5-4-11(12)16)7-9(2)14(8)10(3)15/h8-9H,4-7H2,1-3H3,(H2,12,16). The molecular weight excluding hydrogens is 206 g/mol. The number of hydrogen-bond acceptors (Lipinski definition) is 3. The van der Waals surface area contributed by atoms with E-state index in [9.17, 15) is 9.59 Å². The Morgan fingerprint density at radius 1 is 1.25 bits per heavy atom. The van der Waals surface area contributed by atoms with Gasteiger partial charge in [0, 0.05) is 45.1 Å². The third-order valence-corrected chi connectivity index (χ3v) is 3.03. The molecule has 0 saturated carbocycles. The second-order valence-corrected chi connectivity index (χ2v) is 4.60. The van der Waals surface area contributed by atoms with Crippen molar-refractivity contribution in [1.82, 2.24) is 9.80 Å². The van der Waals surface area contributed by atoms with Gasteiger partial charge in [-0.3, -0.25) is 14.5 Å². The Morgan fingerprint density at radius 3 is 2.12 bits per heavy atom. The molecule has 0 aromatic heterocycles. The highest BCUT2D eigenvalue weighted by atomic mass is 16.2. The van der Waals surface area contributed by atoms with Crippen molar-refractivity contribution in [3.8, 4) is 0 Å². The number of hydrogen-bond donors (Lipinski definition) is 1. The number of carbonyl (C=O) groups is 2. The summed E-state index contributed by atoms with van der Waals surface area (Å²) >= 11 is 0. The molecule has 1 fully saturated rings. The van der Waals surface area contributed by atoms with E-state index in [1.165, 1.54) is 0 Å². The summed E-state index contributed by atoms with van der Waals surface area (Å²) < 4.78 is 0. The smallest absolute Gasteiger partial charge is 0.220 e. The first-order valence-electron chi connectivity index (χ1n) is 5.71. The molecule has 16 heavy (non-hydrogen) atoms. The molecule has 2 amide bonds. The maximum Gasteiger partial charge on any atom is 0.220 e. The second-order valence-electron chi connectivity index (χ2n) is 4.60. The monoisotopic (exact) mass is 227 g/mol. The predicted octanol–water partition coefficient (Wildman–Crippen LogP) is -0.197. The Bertz CT molecular complexity index is 268. The molecule has 1 aliphatic heterocycles. The van der Waals surface area contributed by atoms with E-state index >= 15 is 0 Å². The molecule has 0 bridgehead atoms. The van der Waals surface area contributed by atoms with Gasteiger partial charge in [0.05, 0.1) is 0 Å². The normalized spacial score (nSPS) is 26.8. The molecule has 0 spiro atoms. The van der Waals surface area contributed by atoms with E-state index in [4.69, 9.17) is 5.73 Å². The third kappa shape index (κ3) is 3.20. The molecule has 5 nitrogen and oxygen atoms in total. The molecule has 2 unspecified atom stereocenters. The molecule has 1 aliphatic rings. The van der Waals surface area contributed by atoms with Gasteiger partial charge in [0.15, 0.2) is 0 Å². The van der Waals surface area contributed by atoms with Gasteiger partial charge in [-0.1, -0.05) is 0 Å². The molecule has 0 aliphatic carbocycles. The van der Waals surface area contributed by atoms with Crippen LogP contribution in [0.5, 0.6) is 0 Å². The third-order valence-electron chi connectivity index (χ3n) is 3.03. The van der Waals surface area contributed by atoms with Gasteiger partial charge < -0.3 is 10.6 Å². The lowest BCUT2D eigenvalue weighted by atomic mass is 10.1. The van der Waals surface area contributed by atoms with Gasteiger partial charge in [-0.15, -0.1) is 0 Å². The SMILES string of the molecule is CC(=O)N1C(C)CN(CCC(N)=O)CC1C. The molecule has 0 aromatic rings. The van der Waals surface area contributed by atoms with Crippen LogP contribution < -0.4 is 5.73 Å². The predicted molar refractivity (Wildman–Crippen MR) is 61.7 cm³/mol. The van der Waals surface area contributed by atoms with Crippen LogP contribution in [0.25, 0.3) is 0 Å². The van der Waals surface area contributed by atoms with Crippen LogP contribution in [0.1, 0.15) is 27.2 Å². The summed E-state index contributed by atoms with van der Waals surface area (Å²) in [5, 5.41) is 0. The summed E-state index contributed by atoms with van der Waals surface area (Å²) in [6, 6.07) is 0.406. The molecule has 92 valence electrons. The minimum Gasteiger partial charge on any atom is -0.370 e. The zero-order valence-electron chi connectivity index (χ0n) is 10.3. The first-order chi connectivity index (χ1) is 7.41. The van der Waals surface area contributed by atoms with E-state index in [0.717, 1.165) is 13.1 Å². The van der Waals surface area contributed by atoms with E-state index in [2.05, 4.69) is 4.90 Å². The highest BCUT2D eigenvalue weighted by Crippen LogP contribution is 2.15. The van der Waals surface area contributed by atoms with Gasteiger partial charge in [-0.05, 0) is 13.8 Å². The number of nitrogens with zero attached hydrogens (tertiary/aromatic N) is 2. The summed E-state index contributed by atoms with van der Waals surface area (Å²) in [5.41, 5.74) is 5.12. The Morgan fingerprint density at radius 2 is 1.75 bits per heavy atom. The topological polar surface area (TPSA) is 66.6 Å². The molecule has 2 N–H and O–H groups in total. The molecule has 0 radical (unpaired) electrons. The lowest BCUT2D eigenvalue weighted by Gasteiger charge is -2.44. The van der Waals surface area contributed by atoms with Gasteiger partial charge >= 0.3 is 0 Å². The molecule has 2 atom stereocenters. The molecule has 1 saturated heterocycles. The number of amides is 2. The Hall–Kier alpha value is -1.10. The number of piperazine rings is 1. The lowest BCUT2D eigenvalue weighted by Crippen LogP contribution is -2.58. The van der Waals surface area contributed by atoms with Crippen LogP contribution in [0.2, 0.25) is 0 Å². The van der Waals surface area contributed by atoms with Crippen molar-refractivity contribution in [1.29, 1.82) is 0 Å². The van der Waals surface area contributed by atoms with Crippen LogP contribution in [0.4, 0.5) is 0 Å². The van der Waals surface area contributed by atoms with Crippen molar-refractivity contribution < 1.29 is 9.59 Å². The molecule has 1 heterocycles. The zero-order chi connectivity index (χ0) is 12.3. The van der Waals surface area contributed by atoms with Crippen molar-refractivity contribution in [3.63, 3.8) is 0 Å². The first kappa shape index (κ1) is 13.0. The van der Waals surface area contributed by atoms with Crippen LogP contribution in [0.15, 0.2) is 0 Å². The fourth-order valence-electron chi connectivity index (χ4n) is 2.50. The second kappa shape index (κ2) is 5.30. The average Bonchev–Trinajstić information content (AvgIpc) is 2.12. The van der Waals surface area contributed by atoms with Crippen LogP contribution in [0.3, 0.4) is 0 Å². The molecular formula is C11H21N3O2. The fourth-order valence-corrected chi connectivity index (χ4v) is 2.50. The summed E-state index contributed by atoms with van der Waals surface area (Å²) in [4.78, 5) is 26.2. The van der Waals surface area contributed by atoms with Crippen LogP contribution >= 0.6 is 0 Å². The Kier molecular flexibility index (Phi) is 4.29. The zero-order valence-corrected chi connectivity index (χ0v) is 10.3. The first-order valence-corrected chi connectivity index (χ1v) is 5.71. The molecule has 0 aromatic carbocycles. The number of nitrogens with two attached hydrogens (primary N) is 1. The molecule has 1 rings (SSSR count). The Labute approximate surface area is 96.6 Å². The van der Waals surface area contributed by atoms with E-state index in [-0.39, 0.29) is 23.9 Å². The van der Waals surface area contributed by atoms with Crippen LogP contribution in [-0.2, 0) is 9.59 Å². The van der Waals surface area contributed by atoms with Crippen LogP contribution in [0, 0.1) is 0 Å². The minimum atomic E-state index is -0.269. The minimum absolute atomic E-state index is 0.120. The van der Waals surface area contributed by atoms with Crippen LogP contribution in [-0.4, -0.2) is 53.3 Å². The average molecular weight is 227 g/mol. The van der Waals surface area contributed by atoms with Crippen molar-refractivity contribution >= 4 is 11.8 Å². The van der Waals surface area contributed by atoms with Gasteiger partial charge in [-0.2, -0.15) is 0 Å². The van der Waals surface area contributed by atoms with Gasteiger partial charge in [-0.25, -0.2) is 0 Å². The maximum absolute atomic E-state index is 11.4. The summed E-state index contributed by atoms with van der Waals surface area (Å²) in [7, 11) is 0. The van der Waals surface area contributed by atoms with Crippen molar-refractivity contribution in [2.45, 2.75) is 39.3 Å². The number of primary amides is 1. The quantitative estimate of drug-likeness (QED) is 0.726. The van der Waals surface area contributed by atoms with Crippen molar-refractivity contribution in [2.24, 2.45) is 5.73 Å². The van der Waals surface area contributed by atoms with E-state index < -0.39 is 0 Å². The number of rotatable bonds is 3. The summed E-state index contributed by atoms with van der Waals surface area (Å²) in [5.74, 6) is -0.149. The Balaban J connectivity index is 2.52.